The minimum Gasteiger partial charge on any atom is -0.487 e. The first-order valence-electron chi connectivity index (χ1n) is 7.24. The summed E-state index contributed by atoms with van der Waals surface area (Å²) in [5.41, 5.74) is 0.337. The van der Waals surface area contributed by atoms with Gasteiger partial charge in [-0.1, -0.05) is 11.6 Å². The largest absolute Gasteiger partial charge is 0.487 e. The number of rotatable bonds is 4. The van der Waals surface area contributed by atoms with Crippen LogP contribution in [0, 0.1) is 21.7 Å². The van der Waals surface area contributed by atoms with Gasteiger partial charge in [0.15, 0.2) is 0 Å². The van der Waals surface area contributed by atoms with E-state index in [-0.39, 0.29) is 16.8 Å². The number of anilines is 1. The molecule has 0 amide bonds. The molecular weight excluding hydrogens is 342 g/mol. The topological polar surface area (TPSA) is 55.6 Å². The van der Waals surface area contributed by atoms with Crippen molar-refractivity contribution in [3.8, 4) is 5.75 Å². The average Bonchev–Trinajstić information content (AvgIpc) is 2.97. The van der Waals surface area contributed by atoms with Gasteiger partial charge in [0.1, 0.15) is 23.5 Å². The van der Waals surface area contributed by atoms with Crippen LogP contribution in [0.25, 0.3) is 0 Å². The molecule has 1 heterocycles. The van der Waals surface area contributed by atoms with E-state index in [1.165, 1.54) is 30.3 Å². The maximum absolute atomic E-state index is 13.3. The van der Waals surface area contributed by atoms with Crippen molar-refractivity contribution < 1.29 is 18.4 Å². The maximum Gasteiger partial charge on any atom is 0.271 e. The number of halogens is 3. The summed E-state index contributed by atoms with van der Waals surface area (Å²) in [5.74, 6) is -0.917. The van der Waals surface area contributed by atoms with Gasteiger partial charge in [0.05, 0.1) is 16.5 Å². The predicted octanol–water partition coefficient (Wildman–Crippen LogP) is 4.18. The molecule has 0 unspecified atom stereocenters. The van der Waals surface area contributed by atoms with Crippen molar-refractivity contribution in [3.63, 3.8) is 0 Å². The second-order valence-corrected chi connectivity index (χ2v) is 5.88. The summed E-state index contributed by atoms with van der Waals surface area (Å²) < 4.78 is 32.4. The molecule has 2 aromatic rings. The van der Waals surface area contributed by atoms with E-state index in [1.54, 1.807) is 0 Å². The summed E-state index contributed by atoms with van der Waals surface area (Å²) in [6, 6.07) is 7.35. The van der Waals surface area contributed by atoms with Crippen LogP contribution in [0.1, 0.15) is 6.42 Å². The molecule has 5 nitrogen and oxygen atoms in total. The molecular formula is C16H13ClF2N2O3. The van der Waals surface area contributed by atoms with Crippen LogP contribution in [0.2, 0.25) is 5.02 Å². The van der Waals surface area contributed by atoms with Crippen molar-refractivity contribution in [1.29, 1.82) is 0 Å². The molecule has 1 aliphatic heterocycles. The highest BCUT2D eigenvalue weighted by Gasteiger charge is 2.26. The van der Waals surface area contributed by atoms with Crippen molar-refractivity contribution >= 4 is 23.0 Å². The number of nitro groups is 1. The fourth-order valence-corrected chi connectivity index (χ4v) is 2.88. The first-order chi connectivity index (χ1) is 11.4. The number of benzene rings is 2. The lowest BCUT2D eigenvalue weighted by Gasteiger charge is -2.19. The van der Waals surface area contributed by atoms with E-state index >= 15 is 0 Å². The molecule has 3 rings (SSSR count). The number of non-ortho nitro benzene ring substituents is 1. The molecule has 0 spiro atoms. The third-order valence-corrected chi connectivity index (χ3v) is 4.07. The molecule has 2 aromatic carbocycles. The second-order valence-electron chi connectivity index (χ2n) is 5.47. The van der Waals surface area contributed by atoms with E-state index in [9.17, 15) is 18.9 Å². The summed E-state index contributed by atoms with van der Waals surface area (Å²) in [7, 11) is 0. The number of nitrogens with zero attached hydrogens (tertiary/aromatic N) is 2. The van der Waals surface area contributed by atoms with Crippen LogP contribution in [0.15, 0.2) is 36.4 Å². The molecule has 1 atom stereocenters. The molecule has 24 heavy (non-hydrogen) atoms. The highest BCUT2D eigenvalue weighted by atomic mass is 35.5. The molecule has 8 heteroatoms. The Morgan fingerprint density at radius 3 is 2.54 bits per heavy atom. The van der Waals surface area contributed by atoms with Gasteiger partial charge in [0.25, 0.3) is 5.69 Å². The van der Waals surface area contributed by atoms with E-state index in [0.717, 1.165) is 6.07 Å². The van der Waals surface area contributed by atoms with Gasteiger partial charge in [-0.3, -0.25) is 10.1 Å². The van der Waals surface area contributed by atoms with Crippen molar-refractivity contribution in [2.24, 2.45) is 0 Å². The number of ether oxygens (including phenoxy) is 1. The summed E-state index contributed by atoms with van der Waals surface area (Å²) in [6.45, 7) is 1.02. The van der Waals surface area contributed by atoms with Gasteiger partial charge in [-0.25, -0.2) is 8.78 Å². The summed E-state index contributed by atoms with van der Waals surface area (Å²) in [6.07, 6.45) is 0.418. The summed E-state index contributed by atoms with van der Waals surface area (Å²) >= 11 is 6.00. The number of nitro benzene ring substituents is 1. The molecule has 0 aromatic heterocycles. The maximum atomic E-state index is 13.3. The van der Waals surface area contributed by atoms with Crippen LogP contribution in [0.5, 0.6) is 5.75 Å². The van der Waals surface area contributed by atoms with Crippen molar-refractivity contribution in [1.82, 2.24) is 0 Å². The Morgan fingerprint density at radius 2 is 1.92 bits per heavy atom. The van der Waals surface area contributed by atoms with Gasteiger partial charge in [0, 0.05) is 36.9 Å². The molecule has 1 saturated heterocycles. The van der Waals surface area contributed by atoms with Crippen LogP contribution in [-0.4, -0.2) is 24.1 Å². The highest BCUT2D eigenvalue weighted by molar-refractivity contribution is 6.32. The predicted molar refractivity (Wildman–Crippen MR) is 85.7 cm³/mol. The van der Waals surface area contributed by atoms with Crippen LogP contribution in [-0.2, 0) is 0 Å². The minimum absolute atomic E-state index is 0.115. The number of hydrogen-bond acceptors (Lipinski definition) is 4. The van der Waals surface area contributed by atoms with Gasteiger partial charge < -0.3 is 9.64 Å². The highest BCUT2D eigenvalue weighted by Crippen LogP contribution is 2.31. The fourth-order valence-electron chi connectivity index (χ4n) is 2.66. The average molecular weight is 355 g/mol. The lowest BCUT2D eigenvalue weighted by molar-refractivity contribution is -0.384. The Labute approximate surface area is 141 Å². The number of hydrogen-bond donors (Lipinski definition) is 0. The van der Waals surface area contributed by atoms with Crippen LogP contribution >= 0.6 is 11.6 Å². The van der Waals surface area contributed by atoms with Crippen LogP contribution < -0.4 is 9.64 Å². The SMILES string of the molecule is O=[N+]([O-])c1ccc(O[C@H]2CCN(c3cc(F)cc(F)c3)C2)c(Cl)c1. The molecule has 0 aliphatic carbocycles. The van der Waals surface area contributed by atoms with E-state index < -0.39 is 16.6 Å². The first-order valence-corrected chi connectivity index (χ1v) is 7.62. The standard InChI is InChI=1S/C16H13ClF2N2O3/c17-15-8-12(21(22)23)1-2-16(15)24-14-3-4-20(9-14)13-6-10(18)5-11(19)7-13/h1-2,5-8,14H,3-4,9H2/t14-/m0/s1. The van der Waals surface area contributed by atoms with Crippen molar-refractivity contribution in [3.05, 3.63) is 63.2 Å². The van der Waals surface area contributed by atoms with Crippen molar-refractivity contribution in [2.45, 2.75) is 12.5 Å². The molecule has 0 N–H and O–H groups in total. The van der Waals surface area contributed by atoms with Crippen LogP contribution in [0.3, 0.4) is 0 Å². The zero-order chi connectivity index (χ0) is 17.3. The Bertz CT molecular complexity index is 768. The minimum atomic E-state index is -0.632. The van der Waals surface area contributed by atoms with Gasteiger partial charge in [-0.2, -0.15) is 0 Å². The second kappa shape index (κ2) is 6.60. The molecule has 1 fully saturated rings. The van der Waals surface area contributed by atoms with E-state index in [4.69, 9.17) is 16.3 Å². The van der Waals surface area contributed by atoms with Gasteiger partial charge in [-0.05, 0) is 18.2 Å². The van der Waals surface area contributed by atoms with Crippen molar-refractivity contribution in [2.75, 3.05) is 18.0 Å². The quantitative estimate of drug-likeness (QED) is 0.610. The fraction of sp³-hybridized carbons (Fsp3) is 0.250. The first kappa shape index (κ1) is 16.4. The Hall–Kier alpha value is -2.41. The van der Waals surface area contributed by atoms with Gasteiger partial charge in [0.2, 0.25) is 0 Å². The summed E-state index contributed by atoms with van der Waals surface area (Å²) in [5, 5.41) is 10.9. The van der Waals surface area contributed by atoms with Gasteiger partial charge >= 0.3 is 0 Å². The Morgan fingerprint density at radius 1 is 1.21 bits per heavy atom. The molecule has 0 radical (unpaired) electrons. The normalized spacial score (nSPS) is 17.1. The lowest BCUT2D eigenvalue weighted by Crippen LogP contribution is -2.24. The molecule has 126 valence electrons. The Balaban J connectivity index is 1.69. The van der Waals surface area contributed by atoms with E-state index in [2.05, 4.69) is 0 Å². The third kappa shape index (κ3) is 3.56. The van der Waals surface area contributed by atoms with E-state index in [0.29, 0.717) is 30.9 Å². The zero-order valence-corrected chi connectivity index (χ0v) is 13.2. The third-order valence-electron chi connectivity index (χ3n) is 3.78. The smallest absolute Gasteiger partial charge is 0.271 e. The van der Waals surface area contributed by atoms with Gasteiger partial charge in [-0.15, -0.1) is 0 Å². The molecule has 1 aliphatic rings. The summed E-state index contributed by atoms with van der Waals surface area (Å²) in [4.78, 5) is 12.0. The Kier molecular flexibility index (Phi) is 4.53. The van der Waals surface area contributed by atoms with E-state index in [1.807, 2.05) is 4.90 Å². The monoisotopic (exact) mass is 354 g/mol. The lowest BCUT2D eigenvalue weighted by atomic mass is 10.2. The molecule has 0 saturated carbocycles. The molecule has 0 bridgehead atoms. The zero-order valence-electron chi connectivity index (χ0n) is 12.4. The van der Waals surface area contributed by atoms with Crippen LogP contribution in [0.4, 0.5) is 20.2 Å².